The predicted molar refractivity (Wildman–Crippen MR) is 67.8 cm³/mol. The van der Waals surface area contributed by atoms with Crippen LogP contribution in [0.2, 0.25) is 0 Å². The molecule has 4 nitrogen and oxygen atoms in total. The zero-order valence-electron chi connectivity index (χ0n) is 11.0. The molecular weight excluding hydrogens is 232 g/mol. The molecule has 0 aliphatic heterocycles. The van der Waals surface area contributed by atoms with Crippen molar-refractivity contribution in [3.63, 3.8) is 0 Å². The summed E-state index contributed by atoms with van der Waals surface area (Å²) in [5.41, 5.74) is -1.27. The van der Waals surface area contributed by atoms with E-state index in [4.69, 9.17) is 9.47 Å². The molecule has 4 heteroatoms. The van der Waals surface area contributed by atoms with Gasteiger partial charge in [-0.25, -0.2) is 0 Å². The van der Waals surface area contributed by atoms with E-state index in [0.29, 0.717) is 12.8 Å². The summed E-state index contributed by atoms with van der Waals surface area (Å²) < 4.78 is 10.0. The van der Waals surface area contributed by atoms with Crippen LogP contribution in [0.25, 0.3) is 0 Å². The largest absolute Gasteiger partial charge is 0.465 e. The number of esters is 2. The highest BCUT2D eigenvalue weighted by Crippen LogP contribution is 2.36. The fourth-order valence-electron chi connectivity index (χ4n) is 2.00. The van der Waals surface area contributed by atoms with E-state index < -0.39 is 17.4 Å². The molecule has 0 fully saturated rings. The first-order valence-corrected chi connectivity index (χ1v) is 6.27. The molecule has 0 spiro atoms. The lowest BCUT2D eigenvalue weighted by Gasteiger charge is -2.30. The fraction of sp³-hybridized carbons (Fsp3) is 0.571. The molecule has 0 radical (unpaired) electrons. The van der Waals surface area contributed by atoms with E-state index in [9.17, 15) is 9.59 Å². The van der Waals surface area contributed by atoms with Crippen molar-refractivity contribution in [1.82, 2.24) is 0 Å². The SMILES string of the molecule is C=CC1C=CC(C(=O)OCC)(C(=O)OCC)CC1. The fourth-order valence-corrected chi connectivity index (χ4v) is 2.00. The molecule has 0 aromatic rings. The predicted octanol–water partition coefficient (Wildman–Crippen LogP) is 2.25. The van der Waals surface area contributed by atoms with Crippen molar-refractivity contribution in [2.45, 2.75) is 26.7 Å². The van der Waals surface area contributed by atoms with Crippen molar-refractivity contribution in [1.29, 1.82) is 0 Å². The molecule has 0 aromatic carbocycles. The minimum atomic E-state index is -1.27. The van der Waals surface area contributed by atoms with Gasteiger partial charge in [0.25, 0.3) is 0 Å². The molecule has 0 amide bonds. The molecule has 1 aliphatic carbocycles. The van der Waals surface area contributed by atoms with Crippen LogP contribution in [-0.2, 0) is 19.1 Å². The van der Waals surface area contributed by atoms with Crippen LogP contribution in [0, 0.1) is 11.3 Å². The Bertz CT molecular complexity index is 339. The topological polar surface area (TPSA) is 52.6 Å². The minimum Gasteiger partial charge on any atom is -0.465 e. The number of carbonyl (C=O) groups is 2. The highest BCUT2D eigenvalue weighted by molar-refractivity contribution is 6.02. The molecule has 1 rings (SSSR count). The molecule has 0 saturated heterocycles. The quantitative estimate of drug-likeness (QED) is 0.428. The highest BCUT2D eigenvalue weighted by Gasteiger charge is 2.48. The summed E-state index contributed by atoms with van der Waals surface area (Å²) >= 11 is 0. The van der Waals surface area contributed by atoms with Gasteiger partial charge in [-0.2, -0.15) is 0 Å². The summed E-state index contributed by atoms with van der Waals surface area (Å²) in [7, 11) is 0. The first-order chi connectivity index (χ1) is 8.60. The van der Waals surface area contributed by atoms with Gasteiger partial charge in [0.15, 0.2) is 5.41 Å². The molecule has 1 aliphatic rings. The first kappa shape index (κ1) is 14.5. The molecule has 0 N–H and O–H groups in total. The Kier molecular flexibility index (Phi) is 5.13. The zero-order chi connectivity index (χ0) is 13.6. The number of ether oxygens (including phenoxy) is 2. The van der Waals surface area contributed by atoms with Crippen LogP contribution in [-0.4, -0.2) is 25.2 Å². The van der Waals surface area contributed by atoms with E-state index in [1.165, 1.54) is 0 Å². The van der Waals surface area contributed by atoms with Crippen LogP contribution in [0.4, 0.5) is 0 Å². The summed E-state index contributed by atoms with van der Waals surface area (Å²) in [5.74, 6) is -0.855. The van der Waals surface area contributed by atoms with E-state index in [2.05, 4.69) is 6.58 Å². The Labute approximate surface area is 108 Å². The average Bonchev–Trinajstić information content (AvgIpc) is 2.39. The molecule has 18 heavy (non-hydrogen) atoms. The summed E-state index contributed by atoms with van der Waals surface area (Å²) in [6.07, 6.45) is 6.33. The minimum absolute atomic E-state index is 0.196. The molecule has 1 atom stereocenters. The lowest BCUT2D eigenvalue weighted by Crippen LogP contribution is -2.42. The second-order valence-corrected chi connectivity index (χ2v) is 4.21. The third-order valence-corrected chi connectivity index (χ3v) is 3.08. The van der Waals surface area contributed by atoms with Crippen molar-refractivity contribution in [2.24, 2.45) is 11.3 Å². The standard InChI is InChI=1S/C14H20O4/c1-4-11-7-9-14(10-8-11,12(15)17-5-2)13(16)18-6-3/h4,7,9,11H,1,5-6,8,10H2,2-3H3. The smallest absolute Gasteiger partial charge is 0.327 e. The van der Waals surface area contributed by atoms with Gasteiger partial charge in [0.1, 0.15) is 0 Å². The van der Waals surface area contributed by atoms with Crippen LogP contribution in [0.1, 0.15) is 26.7 Å². The molecule has 0 saturated carbocycles. The summed E-state index contributed by atoms with van der Waals surface area (Å²) in [4.78, 5) is 24.1. The monoisotopic (exact) mass is 252 g/mol. The maximum Gasteiger partial charge on any atom is 0.327 e. The molecule has 0 bridgehead atoms. The molecule has 100 valence electrons. The second-order valence-electron chi connectivity index (χ2n) is 4.21. The first-order valence-electron chi connectivity index (χ1n) is 6.27. The van der Waals surface area contributed by atoms with Gasteiger partial charge < -0.3 is 9.47 Å². The van der Waals surface area contributed by atoms with Gasteiger partial charge in [0, 0.05) is 0 Å². The van der Waals surface area contributed by atoms with Gasteiger partial charge in [-0.1, -0.05) is 18.2 Å². The van der Waals surface area contributed by atoms with Crippen molar-refractivity contribution >= 4 is 11.9 Å². The molecule has 1 unspecified atom stereocenters. The van der Waals surface area contributed by atoms with Gasteiger partial charge in [0.2, 0.25) is 0 Å². The maximum atomic E-state index is 12.0. The van der Waals surface area contributed by atoms with Crippen LogP contribution in [0.5, 0.6) is 0 Å². The Hall–Kier alpha value is -1.58. The summed E-state index contributed by atoms with van der Waals surface area (Å²) in [6.45, 7) is 7.64. The van der Waals surface area contributed by atoms with Crippen LogP contribution >= 0.6 is 0 Å². The number of hydrogen-bond donors (Lipinski definition) is 0. The van der Waals surface area contributed by atoms with Gasteiger partial charge in [0.05, 0.1) is 13.2 Å². The number of carbonyl (C=O) groups excluding carboxylic acids is 2. The van der Waals surface area contributed by atoms with E-state index in [-0.39, 0.29) is 19.1 Å². The van der Waals surface area contributed by atoms with Crippen molar-refractivity contribution < 1.29 is 19.1 Å². The molecular formula is C14H20O4. The second kappa shape index (κ2) is 6.38. The third kappa shape index (κ3) is 2.81. The van der Waals surface area contributed by atoms with E-state index in [1.54, 1.807) is 26.0 Å². The molecule has 0 aromatic heterocycles. The summed E-state index contributed by atoms with van der Waals surface area (Å²) in [5, 5.41) is 0. The van der Waals surface area contributed by atoms with Crippen LogP contribution < -0.4 is 0 Å². The van der Waals surface area contributed by atoms with Crippen molar-refractivity contribution in [2.75, 3.05) is 13.2 Å². The van der Waals surface area contributed by atoms with E-state index in [1.807, 2.05) is 6.08 Å². The van der Waals surface area contributed by atoms with Gasteiger partial charge in [-0.3, -0.25) is 9.59 Å². The van der Waals surface area contributed by atoms with Gasteiger partial charge in [-0.15, -0.1) is 6.58 Å². The molecule has 0 heterocycles. The Morgan fingerprint density at radius 1 is 1.33 bits per heavy atom. The third-order valence-electron chi connectivity index (χ3n) is 3.08. The summed E-state index contributed by atoms with van der Waals surface area (Å²) in [6, 6.07) is 0. The Balaban J connectivity index is 2.99. The van der Waals surface area contributed by atoms with Gasteiger partial charge in [-0.05, 0) is 32.6 Å². The van der Waals surface area contributed by atoms with Crippen molar-refractivity contribution in [3.05, 3.63) is 24.8 Å². The lowest BCUT2D eigenvalue weighted by atomic mass is 9.75. The van der Waals surface area contributed by atoms with Crippen molar-refractivity contribution in [3.8, 4) is 0 Å². The number of hydrogen-bond acceptors (Lipinski definition) is 4. The Morgan fingerprint density at radius 3 is 2.22 bits per heavy atom. The van der Waals surface area contributed by atoms with E-state index >= 15 is 0 Å². The van der Waals surface area contributed by atoms with Crippen LogP contribution in [0.3, 0.4) is 0 Å². The zero-order valence-corrected chi connectivity index (χ0v) is 11.0. The number of allylic oxidation sites excluding steroid dienone is 2. The average molecular weight is 252 g/mol. The highest BCUT2D eigenvalue weighted by atomic mass is 16.6. The lowest BCUT2D eigenvalue weighted by molar-refractivity contribution is -0.169. The van der Waals surface area contributed by atoms with Gasteiger partial charge >= 0.3 is 11.9 Å². The van der Waals surface area contributed by atoms with E-state index in [0.717, 1.165) is 0 Å². The normalized spacial score (nSPS) is 21.1. The number of rotatable bonds is 5. The Morgan fingerprint density at radius 2 is 1.89 bits per heavy atom. The van der Waals surface area contributed by atoms with Crippen LogP contribution in [0.15, 0.2) is 24.8 Å². The maximum absolute atomic E-state index is 12.0.